The Labute approximate surface area is 170 Å². The maximum atomic E-state index is 10.6. The van der Waals surface area contributed by atoms with Crippen molar-refractivity contribution in [3.63, 3.8) is 0 Å². The molecule has 1 aromatic carbocycles. The summed E-state index contributed by atoms with van der Waals surface area (Å²) >= 11 is 9.72. The summed E-state index contributed by atoms with van der Waals surface area (Å²) in [7, 11) is 0. The van der Waals surface area contributed by atoms with Crippen molar-refractivity contribution in [2.75, 3.05) is 26.2 Å². The number of piperazine rings is 1. The van der Waals surface area contributed by atoms with Crippen LogP contribution >= 0.6 is 52.3 Å². The van der Waals surface area contributed by atoms with Gasteiger partial charge in [0.25, 0.3) is 0 Å². The topological polar surface area (TPSA) is 35.5 Å². The molecule has 1 aliphatic heterocycles. The summed E-state index contributed by atoms with van der Waals surface area (Å²) in [5, 5.41) is 14.7. The van der Waals surface area contributed by atoms with Crippen molar-refractivity contribution in [1.29, 1.82) is 0 Å². The van der Waals surface area contributed by atoms with Gasteiger partial charge in [-0.2, -0.15) is 0 Å². The molecule has 2 aliphatic rings. The van der Waals surface area contributed by atoms with Crippen LogP contribution < -0.4 is 5.32 Å². The van der Waals surface area contributed by atoms with E-state index >= 15 is 0 Å². The van der Waals surface area contributed by atoms with E-state index in [-0.39, 0.29) is 30.9 Å². The normalized spacial score (nSPS) is 20.8. The molecule has 1 saturated carbocycles. The Bertz CT molecular complexity index is 503. The second-order valence-corrected chi connectivity index (χ2v) is 7.75. The van der Waals surface area contributed by atoms with Gasteiger partial charge in [0.15, 0.2) is 0 Å². The van der Waals surface area contributed by atoms with Gasteiger partial charge in [-0.15, -0.1) is 24.8 Å². The lowest BCUT2D eigenvalue weighted by Crippen LogP contribution is -2.47. The monoisotopic (exact) mass is 458 g/mol. The van der Waals surface area contributed by atoms with E-state index in [9.17, 15) is 5.11 Å². The fraction of sp³-hybridized carbons (Fsp3) is 0.647. The van der Waals surface area contributed by atoms with Crippen LogP contribution in [0.25, 0.3) is 0 Å². The number of hydrogen-bond donors (Lipinski definition) is 2. The molecule has 3 rings (SSSR count). The maximum Gasteiger partial charge on any atom is 0.134 e. The van der Waals surface area contributed by atoms with Crippen molar-refractivity contribution in [3.8, 4) is 5.75 Å². The molecule has 7 heteroatoms. The average molecular weight is 461 g/mol. The fourth-order valence-corrected chi connectivity index (χ4v) is 4.80. The summed E-state index contributed by atoms with van der Waals surface area (Å²) in [5.41, 5.74) is 0.994. The minimum absolute atomic E-state index is 0. The molecule has 0 radical (unpaired) electrons. The molecule has 3 nitrogen and oxygen atoms in total. The summed E-state index contributed by atoms with van der Waals surface area (Å²) in [6.45, 7) is 4.10. The molecule has 1 heterocycles. The highest BCUT2D eigenvalue weighted by Gasteiger charge is 2.33. The Balaban J connectivity index is 0.00000144. The quantitative estimate of drug-likeness (QED) is 0.653. The predicted octanol–water partition coefficient (Wildman–Crippen LogP) is 5.18. The third-order valence-corrected chi connectivity index (χ3v) is 5.84. The lowest BCUT2D eigenvalue weighted by atomic mass is 9.80. The van der Waals surface area contributed by atoms with Crippen molar-refractivity contribution >= 4 is 52.3 Å². The molecule has 24 heavy (non-hydrogen) atoms. The predicted molar refractivity (Wildman–Crippen MR) is 109 cm³/mol. The Morgan fingerprint density at radius 2 is 1.75 bits per heavy atom. The number of phenols is 1. The molecule has 2 N–H and O–H groups in total. The summed E-state index contributed by atoms with van der Waals surface area (Å²) < 4.78 is 0.700. The molecule has 1 atom stereocenters. The zero-order valence-electron chi connectivity index (χ0n) is 13.6. The van der Waals surface area contributed by atoms with E-state index < -0.39 is 0 Å². The molecule has 138 valence electrons. The highest BCUT2D eigenvalue weighted by Crippen LogP contribution is 2.44. The van der Waals surface area contributed by atoms with Gasteiger partial charge in [-0.25, -0.2) is 0 Å². The van der Waals surface area contributed by atoms with E-state index in [4.69, 9.17) is 11.6 Å². The molecule has 0 bridgehead atoms. The Kier molecular flexibility index (Phi) is 9.72. The molecule has 2 fully saturated rings. The first-order valence-electron chi connectivity index (χ1n) is 8.29. The van der Waals surface area contributed by atoms with Gasteiger partial charge >= 0.3 is 0 Å². The van der Waals surface area contributed by atoms with Gasteiger partial charge in [0.2, 0.25) is 0 Å². The first-order chi connectivity index (χ1) is 10.7. The van der Waals surface area contributed by atoms with Gasteiger partial charge in [-0.05, 0) is 46.8 Å². The van der Waals surface area contributed by atoms with Crippen LogP contribution in [0.2, 0.25) is 5.02 Å². The van der Waals surface area contributed by atoms with Crippen LogP contribution in [0.15, 0.2) is 16.6 Å². The smallest absolute Gasteiger partial charge is 0.134 e. The third-order valence-electron chi connectivity index (χ3n) is 5.02. The summed E-state index contributed by atoms with van der Waals surface area (Å²) in [4.78, 5) is 2.53. The minimum Gasteiger partial charge on any atom is -0.506 e. The summed E-state index contributed by atoms with van der Waals surface area (Å²) in [6, 6.07) is 4.01. The number of nitrogens with one attached hydrogen (secondary N) is 1. The van der Waals surface area contributed by atoms with E-state index in [2.05, 4.69) is 26.1 Å². The molecule has 0 amide bonds. The number of nitrogens with zero attached hydrogens (tertiary/aromatic N) is 1. The Morgan fingerprint density at radius 3 is 2.38 bits per heavy atom. The van der Waals surface area contributed by atoms with Crippen molar-refractivity contribution in [2.24, 2.45) is 5.92 Å². The van der Waals surface area contributed by atoms with Crippen LogP contribution in [0.3, 0.4) is 0 Å². The first kappa shape index (κ1) is 22.3. The van der Waals surface area contributed by atoms with Crippen molar-refractivity contribution in [3.05, 3.63) is 27.2 Å². The number of halogens is 4. The van der Waals surface area contributed by atoms with Crippen LogP contribution in [0.4, 0.5) is 0 Å². The summed E-state index contributed by atoms with van der Waals surface area (Å²) in [5.74, 6) is 0.974. The number of phenolic OH excluding ortho intramolecular Hbond substituents is 1. The highest BCUT2D eigenvalue weighted by atomic mass is 79.9. The maximum absolute atomic E-state index is 10.6. The molecule has 1 aliphatic carbocycles. The van der Waals surface area contributed by atoms with E-state index in [0.29, 0.717) is 21.2 Å². The first-order valence-corrected chi connectivity index (χ1v) is 9.46. The summed E-state index contributed by atoms with van der Waals surface area (Å²) in [6.07, 6.45) is 6.44. The van der Waals surface area contributed by atoms with Gasteiger partial charge in [0.1, 0.15) is 5.75 Å². The van der Waals surface area contributed by atoms with Crippen LogP contribution in [-0.2, 0) is 0 Å². The second kappa shape index (κ2) is 10.4. The number of aromatic hydroxyl groups is 1. The van der Waals surface area contributed by atoms with Gasteiger partial charge in [-0.1, -0.05) is 30.9 Å². The zero-order valence-corrected chi connectivity index (χ0v) is 17.6. The SMILES string of the molecule is Cl.Cl.Oc1c(Br)cc(Cl)cc1[C@@H](C1CCCCC1)N1CCNCC1. The average Bonchev–Trinajstić information content (AvgIpc) is 2.54. The number of rotatable bonds is 3. The van der Waals surface area contributed by atoms with E-state index in [0.717, 1.165) is 31.7 Å². The largest absolute Gasteiger partial charge is 0.506 e. The minimum atomic E-state index is 0. The molecule has 1 saturated heterocycles. The molecule has 1 aromatic rings. The zero-order chi connectivity index (χ0) is 15.5. The fourth-order valence-electron chi connectivity index (χ4n) is 3.97. The lowest BCUT2D eigenvalue weighted by molar-refractivity contribution is 0.101. The standard InChI is InChI=1S/C17H24BrClN2O.2ClH/c18-15-11-13(19)10-14(17(15)22)16(12-4-2-1-3-5-12)21-8-6-20-7-9-21;;/h10-12,16,20,22H,1-9H2;2*1H/t16-;;/m1../s1. The van der Waals surface area contributed by atoms with Crippen LogP contribution in [0.5, 0.6) is 5.75 Å². The van der Waals surface area contributed by atoms with E-state index in [1.165, 1.54) is 32.1 Å². The lowest BCUT2D eigenvalue weighted by Gasteiger charge is -2.41. The molecular weight excluding hydrogens is 434 g/mol. The van der Waals surface area contributed by atoms with E-state index in [1.807, 2.05) is 6.07 Å². The van der Waals surface area contributed by atoms with Crippen LogP contribution in [0, 0.1) is 5.92 Å². The Hall–Kier alpha value is 0.290. The van der Waals surface area contributed by atoms with Gasteiger partial charge in [0, 0.05) is 42.8 Å². The molecular formula is C17H26BrCl3N2O. The van der Waals surface area contributed by atoms with Crippen molar-refractivity contribution in [2.45, 2.75) is 38.1 Å². The van der Waals surface area contributed by atoms with Crippen LogP contribution in [-0.4, -0.2) is 36.2 Å². The van der Waals surface area contributed by atoms with Gasteiger partial charge in [0.05, 0.1) is 4.47 Å². The molecule has 0 spiro atoms. The molecule has 0 aromatic heterocycles. The van der Waals surface area contributed by atoms with E-state index in [1.54, 1.807) is 6.07 Å². The van der Waals surface area contributed by atoms with Gasteiger partial charge < -0.3 is 10.4 Å². The molecule has 0 unspecified atom stereocenters. The number of benzene rings is 1. The second-order valence-electron chi connectivity index (χ2n) is 6.45. The number of hydrogen-bond acceptors (Lipinski definition) is 3. The third kappa shape index (κ3) is 5.15. The van der Waals surface area contributed by atoms with Crippen LogP contribution in [0.1, 0.15) is 43.7 Å². The van der Waals surface area contributed by atoms with Crippen molar-refractivity contribution < 1.29 is 5.11 Å². The van der Waals surface area contributed by atoms with Crippen molar-refractivity contribution in [1.82, 2.24) is 10.2 Å². The highest BCUT2D eigenvalue weighted by molar-refractivity contribution is 9.10. The van der Waals surface area contributed by atoms with Gasteiger partial charge in [-0.3, -0.25) is 4.90 Å². The Morgan fingerprint density at radius 1 is 1.12 bits per heavy atom.